The summed E-state index contributed by atoms with van der Waals surface area (Å²) in [5.74, 6) is 0. The predicted molar refractivity (Wildman–Crippen MR) is 109 cm³/mol. The minimum atomic E-state index is -0.222. The van der Waals surface area contributed by atoms with Gasteiger partial charge >= 0.3 is 0 Å². The van der Waals surface area contributed by atoms with E-state index in [0.717, 1.165) is 56.7 Å². The van der Waals surface area contributed by atoms with Gasteiger partial charge in [-0.05, 0) is 46.0 Å². The first-order chi connectivity index (χ1) is 13.0. The summed E-state index contributed by atoms with van der Waals surface area (Å²) in [5, 5.41) is 11.8. The number of ether oxygens (including phenoxy) is 1. The molecule has 1 aromatic carbocycles. The molecule has 27 heavy (non-hydrogen) atoms. The van der Waals surface area contributed by atoms with Crippen molar-refractivity contribution in [2.45, 2.75) is 38.4 Å². The largest absolute Gasteiger partial charge is 0.392 e. The first-order valence-electron chi connectivity index (χ1n) is 10.1. The van der Waals surface area contributed by atoms with E-state index < -0.39 is 0 Å². The van der Waals surface area contributed by atoms with Crippen molar-refractivity contribution in [1.29, 1.82) is 0 Å². The Morgan fingerprint density at radius 1 is 1.26 bits per heavy atom. The molecule has 2 aliphatic rings. The molecule has 146 valence electrons. The fourth-order valence-corrected chi connectivity index (χ4v) is 4.70. The maximum atomic E-state index is 10.6. The maximum Gasteiger partial charge on any atom is 0.0726 e. The molecule has 0 radical (unpaired) electrons. The highest BCUT2D eigenvalue weighted by atomic mass is 16.5. The van der Waals surface area contributed by atoms with Crippen molar-refractivity contribution in [1.82, 2.24) is 9.88 Å². The van der Waals surface area contributed by atoms with E-state index in [2.05, 4.69) is 60.1 Å². The number of hydrogen-bond donors (Lipinski definition) is 1. The molecule has 0 bridgehead atoms. The Hall–Kier alpha value is -1.69. The first-order valence-corrected chi connectivity index (χ1v) is 10.1. The molecule has 1 spiro atoms. The summed E-state index contributed by atoms with van der Waals surface area (Å²) in [6.45, 7) is 5.64. The van der Waals surface area contributed by atoms with Crippen LogP contribution in [0.4, 0.5) is 5.69 Å². The number of para-hydroxylation sites is 1. The van der Waals surface area contributed by atoms with Crippen molar-refractivity contribution in [2.24, 2.45) is 5.41 Å². The van der Waals surface area contributed by atoms with Crippen molar-refractivity contribution in [3.8, 4) is 0 Å². The van der Waals surface area contributed by atoms with Crippen LogP contribution in [0, 0.1) is 12.3 Å². The van der Waals surface area contributed by atoms with Crippen molar-refractivity contribution < 1.29 is 9.84 Å². The Bertz CT molecular complexity index is 799. The predicted octanol–water partition coefficient (Wildman–Crippen LogP) is 2.84. The zero-order valence-electron chi connectivity index (χ0n) is 16.7. The van der Waals surface area contributed by atoms with Crippen LogP contribution in [-0.4, -0.2) is 67.5 Å². The molecule has 2 atom stereocenters. The minimum absolute atomic E-state index is 0.0549. The molecule has 4 rings (SSSR count). The molecule has 1 aliphatic heterocycles. The van der Waals surface area contributed by atoms with E-state index in [-0.39, 0.29) is 17.6 Å². The Labute approximate surface area is 161 Å². The number of hydrogen-bond acceptors (Lipinski definition) is 5. The van der Waals surface area contributed by atoms with Gasteiger partial charge in [0.05, 0.1) is 24.3 Å². The van der Waals surface area contributed by atoms with Crippen molar-refractivity contribution >= 4 is 16.6 Å². The molecule has 1 saturated heterocycles. The van der Waals surface area contributed by atoms with Gasteiger partial charge in [-0.3, -0.25) is 4.98 Å². The molecule has 2 aromatic rings. The molecule has 0 amide bonds. The summed E-state index contributed by atoms with van der Waals surface area (Å²) < 4.78 is 6.15. The van der Waals surface area contributed by atoms with Crippen molar-refractivity contribution in [3.63, 3.8) is 0 Å². The van der Waals surface area contributed by atoms with Gasteiger partial charge in [-0.2, -0.15) is 0 Å². The SMILES string of the molecule is Cc1cc(N2CCC3(CC2)[C@H](O)C[C@@H]3OCCN(C)C)c2ccccc2n1. The molecule has 5 nitrogen and oxygen atoms in total. The van der Waals surface area contributed by atoms with Crippen LogP contribution in [-0.2, 0) is 4.74 Å². The summed E-state index contributed by atoms with van der Waals surface area (Å²) in [6, 6.07) is 10.6. The van der Waals surface area contributed by atoms with Crippen LogP contribution in [0.1, 0.15) is 25.0 Å². The molecular weight excluding hydrogens is 338 g/mol. The molecule has 1 aromatic heterocycles. The van der Waals surface area contributed by atoms with Crippen LogP contribution in [0.2, 0.25) is 0 Å². The van der Waals surface area contributed by atoms with Crippen LogP contribution in [0.15, 0.2) is 30.3 Å². The summed E-state index contributed by atoms with van der Waals surface area (Å²) in [7, 11) is 4.13. The van der Waals surface area contributed by atoms with E-state index >= 15 is 0 Å². The van der Waals surface area contributed by atoms with Gasteiger partial charge in [0.25, 0.3) is 0 Å². The molecule has 2 fully saturated rings. The van der Waals surface area contributed by atoms with E-state index in [4.69, 9.17) is 4.74 Å². The highest BCUT2D eigenvalue weighted by molar-refractivity contribution is 5.92. The fraction of sp³-hybridized carbons (Fsp3) is 0.591. The fourth-order valence-electron chi connectivity index (χ4n) is 4.70. The summed E-state index contributed by atoms with van der Waals surface area (Å²) in [6.07, 6.45) is 2.72. The number of aliphatic hydroxyl groups is 1. The van der Waals surface area contributed by atoms with Crippen LogP contribution in [0.25, 0.3) is 10.9 Å². The van der Waals surface area contributed by atoms with E-state index in [1.54, 1.807) is 0 Å². The average Bonchev–Trinajstić information content (AvgIpc) is 2.66. The quantitative estimate of drug-likeness (QED) is 0.878. The summed E-state index contributed by atoms with van der Waals surface area (Å²) in [5.41, 5.74) is 3.33. The van der Waals surface area contributed by atoms with Gasteiger partial charge < -0.3 is 19.6 Å². The lowest BCUT2D eigenvalue weighted by Gasteiger charge is -2.57. The van der Waals surface area contributed by atoms with Gasteiger partial charge in [0.15, 0.2) is 0 Å². The third-order valence-corrected chi connectivity index (χ3v) is 6.46. The van der Waals surface area contributed by atoms with Crippen LogP contribution in [0.3, 0.4) is 0 Å². The molecule has 1 saturated carbocycles. The molecule has 1 aliphatic carbocycles. The second-order valence-corrected chi connectivity index (χ2v) is 8.43. The number of benzene rings is 1. The lowest BCUT2D eigenvalue weighted by atomic mass is 9.58. The first kappa shape index (κ1) is 18.7. The summed E-state index contributed by atoms with van der Waals surface area (Å²) in [4.78, 5) is 9.27. The third kappa shape index (κ3) is 3.44. The second-order valence-electron chi connectivity index (χ2n) is 8.43. The van der Waals surface area contributed by atoms with E-state index in [1.807, 2.05) is 6.07 Å². The number of likely N-dealkylation sites (N-methyl/N-ethyl adjacent to an activating group) is 1. The zero-order valence-corrected chi connectivity index (χ0v) is 16.7. The van der Waals surface area contributed by atoms with Gasteiger partial charge in [0.1, 0.15) is 0 Å². The number of piperidine rings is 1. The third-order valence-electron chi connectivity index (χ3n) is 6.46. The van der Waals surface area contributed by atoms with Gasteiger partial charge in [0, 0.05) is 48.2 Å². The maximum absolute atomic E-state index is 10.6. The molecule has 1 N–H and O–H groups in total. The number of pyridine rings is 1. The minimum Gasteiger partial charge on any atom is -0.392 e. The second kappa shape index (κ2) is 7.38. The number of anilines is 1. The Kier molecular flexibility index (Phi) is 5.10. The van der Waals surface area contributed by atoms with E-state index in [0.29, 0.717) is 0 Å². The molecular formula is C22H31N3O2. The highest BCUT2D eigenvalue weighted by Gasteiger charge is 2.56. The highest BCUT2D eigenvalue weighted by Crippen LogP contribution is 2.51. The number of aliphatic hydroxyl groups excluding tert-OH is 1. The van der Waals surface area contributed by atoms with Crippen molar-refractivity contribution in [3.05, 3.63) is 36.0 Å². The monoisotopic (exact) mass is 369 g/mol. The van der Waals surface area contributed by atoms with Gasteiger partial charge in [-0.1, -0.05) is 18.2 Å². The number of aromatic nitrogens is 1. The van der Waals surface area contributed by atoms with Gasteiger partial charge in [-0.25, -0.2) is 0 Å². The van der Waals surface area contributed by atoms with Crippen LogP contribution in [0.5, 0.6) is 0 Å². The standard InChI is InChI=1S/C22H31N3O2/c1-16-14-19(17-6-4-5-7-18(17)23-16)25-10-8-22(9-11-25)20(26)15-21(22)27-13-12-24(2)3/h4-7,14,20-21,26H,8-13,15H2,1-3H3/t20-,21+/m1/s1. The molecule has 0 unspecified atom stereocenters. The average molecular weight is 370 g/mol. The number of nitrogens with zero attached hydrogens (tertiary/aromatic N) is 3. The lowest BCUT2D eigenvalue weighted by molar-refractivity contribution is -0.202. The lowest BCUT2D eigenvalue weighted by Crippen LogP contribution is -2.62. The Morgan fingerprint density at radius 3 is 2.70 bits per heavy atom. The number of aryl methyl sites for hydroxylation is 1. The summed E-state index contributed by atoms with van der Waals surface area (Å²) >= 11 is 0. The zero-order chi connectivity index (χ0) is 19.0. The normalized spacial score (nSPS) is 24.6. The molecule has 5 heteroatoms. The van der Waals surface area contributed by atoms with Crippen molar-refractivity contribution in [2.75, 3.05) is 45.2 Å². The Balaban J connectivity index is 1.47. The smallest absolute Gasteiger partial charge is 0.0726 e. The number of fused-ring (bicyclic) bond motifs is 1. The van der Waals surface area contributed by atoms with Crippen LogP contribution >= 0.6 is 0 Å². The number of rotatable bonds is 5. The van der Waals surface area contributed by atoms with Gasteiger partial charge in [0.2, 0.25) is 0 Å². The van der Waals surface area contributed by atoms with E-state index in [1.165, 1.54) is 11.1 Å². The topological polar surface area (TPSA) is 48.8 Å². The van der Waals surface area contributed by atoms with E-state index in [9.17, 15) is 5.11 Å². The Morgan fingerprint density at radius 2 is 2.00 bits per heavy atom. The molecule has 2 heterocycles. The van der Waals surface area contributed by atoms with Gasteiger partial charge in [-0.15, -0.1) is 0 Å². The van der Waals surface area contributed by atoms with Crippen LogP contribution < -0.4 is 4.90 Å².